The predicted octanol–water partition coefficient (Wildman–Crippen LogP) is 2.68. The van der Waals surface area contributed by atoms with Crippen LogP contribution in [-0.4, -0.2) is 40.1 Å². The first-order valence-corrected chi connectivity index (χ1v) is 7.35. The third kappa shape index (κ3) is 3.65. The smallest absolute Gasteiger partial charge is 0.232 e. The summed E-state index contributed by atoms with van der Waals surface area (Å²) in [7, 11) is 1.69. The van der Waals surface area contributed by atoms with E-state index >= 15 is 0 Å². The van der Waals surface area contributed by atoms with Gasteiger partial charge in [-0.05, 0) is 18.2 Å². The van der Waals surface area contributed by atoms with Gasteiger partial charge in [-0.3, -0.25) is 4.79 Å². The molecule has 7 heteroatoms. The Morgan fingerprint density at radius 2 is 2.40 bits per heavy atom. The van der Waals surface area contributed by atoms with Crippen molar-refractivity contribution in [3.05, 3.63) is 23.2 Å². The van der Waals surface area contributed by atoms with E-state index in [-0.39, 0.29) is 11.7 Å². The molecule has 1 aromatic carbocycles. The lowest BCUT2D eigenvalue weighted by molar-refractivity contribution is -0.127. The fourth-order valence-corrected chi connectivity index (χ4v) is 2.61. The van der Waals surface area contributed by atoms with Crippen LogP contribution in [0.15, 0.2) is 23.4 Å². The van der Waals surface area contributed by atoms with Gasteiger partial charge in [-0.1, -0.05) is 23.4 Å². The van der Waals surface area contributed by atoms with Crippen molar-refractivity contribution in [3.63, 3.8) is 0 Å². The van der Waals surface area contributed by atoms with E-state index in [9.17, 15) is 4.79 Å². The number of nitriles is 1. The van der Waals surface area contributed by atoms with Crippen LogP contribution in [0.3, 0.4) is 0 Å². The highest BCUT2D eigenvalue weighted by Crippen LogP contribution is 2.22. The SMILES string of the molecule is CN(CCC#N)C(=O)CSc1nc2ccc(Cl)cc2[nH]1. The van der Waals surface area contributed by atoms with Crippen molar-refractivity contribution in [1.82, 2.24) is 14.9 Å². The number of amides is 1. The number of thioether (sulfide) groups is 1. The van der Waals surface area contributed by atoms with Crippen LogP contribution >= 0.6 is 23.4 Å². The first-order chi connectivity index (χ1) is 9.60. The van der Waals surface area contributed by atoms with E-state index in [2.05, 4.69) is 9.97 Å². The summed E-state index contributed by atoms with van der Waals surface area (Å²) in [6, 6.07) is 7.43. The number of hydrogen-bond donors (Lipinski definition) is 1. The summed E-state index contributed by atoms with van der Waals surface area (Å²) < 4.78 is 0. The molecule has 0 spiro atoms. The monoisotopic (exact) mass is 308 g/mol. The molecular weight excluding hydrogens is 296 g/mol. The van der Waals surface area contributed by atoms with E-state index in [1.165, 1.54) is 11.8 Å². The van der Waals surface area contributed by atoms with E-state index in [4.69, 9.17) is 16.9 Å². The van der Waals surface area contributed by atoms with Crippen LogP contribution in [0, 0.1) is 11.3 Å². The number of hydrogen-bond acceptors (Lipinski definition) is 4. The number of H-pyrrole nitrogens is 1. The molecule has 0 bridgehead atoms. The molecule has 0 radical (unpaired) electrons. The molecule has 5 nitrogen and oxygen atoms in total. The number of halogens is 1. The minimum atomic E-state index is -0.0243. The molecule has 0 aliphatic carbocycles. The molecule has 1 aromatic heterocycles. The van der Waals surface area contributed by atoms with Gasteiger partial charge in [-0.15, -0.1) is 0 Å². The molecule has 0 atom stereocenters. The Morgan fingerprint density at radius 1 is 1.60 bits per heavy atom. The van der Waals surface area contributed by atoms with E-state index in [1.54, 1.807) is 24.1 Å². The third-order valence-electron chi connectivity index (χ3n) is 2.74. The van der Waals surface area contributed by atoms with Crippen LogP contribution < -0.4 is 0 Å². The minimum absolute atomic E-state index is 0.0243. The number of aromatic nitrogens is 2. The molecule has 0 aliphatic heterocycles. The minimum Gasteiger partial charge on any atom is -0.344 e. The van der Waals surface area contributed by atoms with Crippen molar-refractivity contribution >= 4 is 40.3 Å². The quantitative estimate of drug-likeness (QED) is 0.862. The normalized spacial score (nSPS) is 10.4. The fraction of sp³-hybridized carbons (Fsp3) is 0.308. The molecule has 0 aliphatic rings. The molecule has 104 valence electrons. The van der Waals surface area contributed by atoms with Gasteiger partial charge >= 0.3 is 0 Å². The molecule has 0 saturated heterocycles. The van der Waals surface area contributed by atoms with Gasteiger partial charge in [0.1, 0.15) is 0 Å². The second-order valence-electron chi connectivity index (χ2n) is 4.22. The van der Waals surface area contributed by atoms with Gasteiger partial charge in [-0.2, -0.15) is 5.26 Å². The highest BCUT2D eigenvalue weighted by atomic mass is 35.5. The Balaban J connectivity index is 1.95. The second kappa shape index (κ2) is 6.64. The molecule has 2 rings (SSSR count). The van der Waals surface area contributed by atoms with E-state index in [1.807, 2.05) is 12.1 Å². The lowest BCUT2D eigenvalue weighted by atomic mass is 10.3. The molecule has 1 N–H and O–H groups in total. The molecule has 1 amide bonds. The number of nitrogens with zero attached hydrogens (tertiary/aromatic N) is 3. The highest BCUT2D eigenvalue weighted by Gasteiger charge is 2.11. The van der Waals surface area contributed by atoms with Crippen LogP contribution in [-0.2, 0) is 4.79 Å². The van der Waals surface area contributed by atoms with Gasteiger partial charge in [0.15, 0.2) is 5.16 Å². The van der Waals surface area contributed by atoms with Crippen molar-refractivity contribution in [2.24, 2.45) is 0 Å². The Hall–Kier alpha value is -1.71. The van der Waals surface area contributed by atoms with Gasteiger partial charge in [0, 0.05) is 18.6 Å². The molecule has 0 fully saturated rings. The zero-order chi connectivity index (χ0) is 14.5. The number of fused-ring (bicyclic) bond motifs is 1. The maximum absolute atomic E-state index is 11.8. The largest absolute Gasteiger partial charge is 0.344 e. The molecular formula is C13H13ClN4OS. The summed E-state index contributed by atoms with van der Waals surface area (Å²) in [4.78, 5) is 20.9. The van der Waals surface area contributed by atoms with Gasteiger partial charge in [0.25, 0.3) is 0 Å². The Morgan fingerprint density at radius 3 is 3.15 bits per heavy atom. The summed E-state index contributed by atoms with van der Waals surface area (Å²) in [5.74, 6) is 0.263. The van der Waals surface area contributed by atoms with E-state index in [0.29, 0.717) is 23.1 Å². The van der Waals surface area contributed by atoms with Gasteiger partial charge < -0.3 is 9.88 Å². The fourth-order valence-electron chi connectivity index (χ4n) is 1.61. The maximum atomic E-state index is 11.8. The van der Waals surface area contributed by atoms with Crippen LogP contribution in [0.4, 0.5) is 0 Å². The number of nitrogens with one attached hydrogen (secondary N) is 1. The van der Waals surface area contributed by atoms with E-state index in [0.717, 1.165) is 11.0 Å². The van der Waals surface area contributed by atoms with Crippen molar-refractivity contribution in [3.8, 4) is 6.07 Å². The first kappa shape index (κ1) is 14.7. The maximum Gasteiger partial charge on any atom is 0.232 e. The number of benzene rings is 1. The van der Waals surface area contributed by atoms with Gasteiger partial charge in [0.05, 0.1) is 29.3 Å². The molecule has 2 aromatic rings. The molecule has 0 unspecified atom stereocenters. The topological polar surface area (TPSA) is 72.8 Å². The summed E-state index contributed by atoms with van der Waals surface area (Å²) in [5.41, 5.74) is 1.67. The Kier molecular flexibility index (Phi) is 4.88. The summed E-state index contributed by atoms with van der Waals surface area (Å²) >= 11 is 7.24. The van der Waals surface area contributed by atoms with Crippen molar-refractivity contribution in [2.75, 3.05) is 19.3 Å². The van der Waals surface area contributed by atoms with Crippen LogP contribution in [0.2, 0.25) is 5.02 Å². The van der Waals surface area contributed by atoms with Crippen molar-refractivity contribution < 1.29 is 4.79 Å². The van der Waals surface area contributed by atoms with Crippen LogP contribution in [0.25, 0.3) is 11.0 Å². The first-order valence-electron chi connectivity index (χ1n) is 5.99. The van der Waals surface area contributed by atoms with E-state index < -0.39 is 0 Å². The highest BCUT2D eigenvalue weighted by molar-refractivity contribution is 7.99. The lowest BCUT2D eigenvalue weighted by Gasteiger charge is -2.14. The summed E-state index contributed by atoms with van der Waals surface area (Å²) in [6.45, 7) is 0.450. The number of carbonyl (C=O) groups excluding carboxylic acids is 1. The molecule has 20 heavy (non-hydrogen) atoms. The van der Waals surface area contributed by atoms with Crippen LogP contribution in [0.1, 0.15) is 6.42 Å². The van der Waals surface area contributed by atoms with Crippen molar-refractivity contribution in [1.29, 1.82) is 5.26 Å². The average molecular weight is 309 g/mol. The number of imidazole rings is 1. The zero-order valence-corrected chi connectivity index (χ0v) is 12.5. The summed E-state index contributed by atoms with van der Waals surface area (Å²) in [6.07, 6.45) is 0.343. The number of rotatable bonds is 5. The third-order valence-corrected chi connectivity index (χ3v) is 3.83. The standard InChI is InChI=1S/C13H13ClN4OS/c1-18(6-2-5-15)12(19)8-20-13-16-10-4-3-9(14)7-11(10)17-13/h3-4,7H,2,6,8H2,1H3,(H,16,17). The average Bonchev–Trinajstić information content (AvgIpc) is 2.83. The second-order valence-corrected chi connectivity index (χ2v) is 5.62. The van der Waals surface area contributed by atoms with Gasteiger partial charge in [-0.25, -0.2) is 4.98 Å². The number of carbonyl (C=O) groups is 1. The molecule has 0 saturated carbocycles. The summed E-state index contributed by atoms with van der Waals surface area (Å²) in [5, 5.41) is 9.82. The number of aromatic amines is 1. The zero-order valence-electron chi connectivity index (χ0n) is 10.9. The lowest BCUT2D eigenvalue weighted by Crippen LogP contribution is -2.29. The van der Waals surface area contributed by atoms with Crippen LogP contribution in [0.5, 0.6) is 0 Å². The Labute approximate surface area is 125 Å². The predicted molar refractivity (Wildman–Crippen MR) is 79.7 cm³/mol. The molecule has 1 heterocycles. The van der Waals surface area contributed by atoms with Gasteiger partial charge in [0.2, 0.25) is 5.91 Å². The Bertz CT molecular complexity index is 664. The van der Waals surface area contributed by atoms with Crippen molar-refractivity contribution in [2.45, 2.75) is 11.6 Å².